The van der Waals surface area contributed by atoms with E-state index in [4.69, 9.17) is 10.4 Å². The van der Waals surface area contributed by atoms with Crippen LogP contribution in [0, 0.1) is 11.3 Å². The fourth-order valence-corrected chi connectivity index (χ4v) is 1.29. The maximum atomic E-state index is 11.8. The zero-order chi connectivity index (χ0) is 13.5. The van der Waals surface area contributed by atoms with Crippen LogP contribution in [0.15, 0.2) is 24.3 Å². The topological polar surface area (TPSA) is 99.4 Å². The third kappa shape index (κ3) is 3.30. The molecule has 1 atom stereocenters. The van der Waals surface area contributed by atoms with Gasteiger partial charge in [-0.05, 0) is 18.2 Å². The van der Waals surface area contributed by atoms with E-state index in [1.807, 2.05) is 6.07 Å². The van der Waals surface area contributed by atoms with Crippen LogP contribution >= 0.6 is 0 Å². The third-order valence-electron chi connectivity index (χ3n) is 2.23. The molecule has 18 heavy (non-hydrogen) atoms. The highest BCUT2D eigenvalue weighted by atomic mass is 16.5. The number of nitrogens with one attached hydrogen (secondary N) is 1. The van der Waals surface area contributed by atoms with E-state index in [0.29, 0.717) is 5.56 Å². The lowest BCUT2D eigenvalue weighted by molar-refractivity contribution is -0.143. The summed E-state index contributed by atoms with van der Waals surface area (Å²) in [5, 5.41) is 20.0. The molecule has 1 rings (SSSR count). The van der Waals surface area contributed by atoms with Gasteiger partial charge in [0.2, 0.25) is 0 Å². The quantitative estimate of drug-likeness (QED) is 0.720. The van der Waals surface area contributed by atoms with Gasteiger partial charge in [0.05, 0.1) is 25.3 Å². The summed E-state index contributed by atoms with van der Waals surface area (Å²) < 4.78 is 4.42. The Morgan fingerprint density at radius 2 is 2.28 bits per heavy atom. The van der Waals surface area contributed by atoms with Crippen LogP contribution in [0.3, 0.4) is 0 Å². The lowest BCUT2D eigenvalue weighted by atomic mass is 10.1. The third-order valence-corrected chi connectivity index (χ3v) is 2.23. The van der Waals surface area contributed by atoms with Crippen LogP contribution in [0.25, 0.3) is 0 Å². The number of esters is 1. The molecule has 0 fully saturated rings. The van der Waals surface area contributed by atoms with Gasteiger partial charge >= 0.3 is 5.97 Å². The number of rotatable bonds is 4. The summed E-state index contributed by atoms with van der Waals surface area (Å²) >= 11 is 0. The molecule has 6 heteroatoms. The van der Waals surface area contributed by atoms with Gasteiger partial charge in [-0.25, -0.2) is 4.79 Å². The maximum Gasteiger partial charge on any atom is 0.330 e. The second-order valence-corrected chi connectivity index (χ2v) is 3.42. The molecule has 1 aromatic carbocycles. The molecule has 0 radical (unpaired) electrons. The van der Waals surface area contributed by atoms with E-state index in [2.05, 4.69) is 10.1 Å². The smallest absolute Gasteiger partial charge is 0.330 e. The molecule has 0 spiro atoms. The predicted molar refractivity (Wildman–Crippen MR) is 61.5 cm³/mol. The second kappa shape index (κ2) is 6.37. The molecule has 2 N–H and O–H groups in total. The van der Waals surface area contributed by atoms with Crippen molar-refractivity contribution in [2.75, 3.05) is 13.7 Å². The van der Waals surface area contributed by atoms with Crippen molar-refractivity contribution in [3.8, 4) is 6.07 Å². The van der Waals surface area contributed by atoms with E-state index in [0.717, 1.165) is 7.11 Å². The number of amides is 1. The molecule has 0 saturated heterocycles. The summed E-state index contributed by atoms with van der Waals surface area (Å²) in [6, 6.07) is 6.79. The highest BCUT2D eigenvalue weighted by molar-refractivity contribution is 5.97. The number of hydrogen-bond acceptors (Lipinski definition) is 5. The van der Waals surface area contributed by atoms with E-state index in [9.17, 15) is 9.59 Å². The zero-order valence-electron chi connectivity index (χ0n) is 9.71. The van der Waals surface area contributed by atoms with Crippen LogP contribution in [0.4, 0.5) is 0 Å². The average Bonchev–Trinajstić information content (AvgIpc) is 2.43. The molecule has 0 unspecified atom stereocenters. The molecule has 0 bridgehead atoms. The van der Waals surface area contributed by atoms with Gasteiger partial charge in [-0.15, -0.1) is 0 Å². The van der Waals surface area contributed by atoms with Crippen LogP contribution in [0.5, 0.6) is 0 Å². The SMILES string of the molecule is COC(=O)[C@H](CO)NC(=O)c1cccc(C#N)c1. The molecule has 0 aliphatic rings. The first-order valence-electron chi connectivity index (χ1n) is 5.12. The standard InChI is InChI=1S/C12H12N2O4/c1-18-12(17)10(7-15)14-11(16)9-4-2-3-8(5-9)6-13/h2-5,10,15H,7H2,1H3,(H,14,16)/t10-/m0/s1. The molecule has 0 aliphatic carbocycles. The van der Waals surface area contributed by atoms with Crippen LogP contribution in [0.2, 0.25) is 0 Å². The van der Waals surface area contributed by atoms with E-state index in [1.165, 1.54) is 12.1 Å². The van der Waals surface area contributed by atoms with E-state index in [1.54, 1.807) is 12.1 Å². The Kier molecular flexibility index (Phi) is 4.84. The van der Waals surface area contributed by atoms with Crippen molar-refractivity contribution in [1.29, 1.82) is 5.26 Å². The number of methoxy groups -OCH3 is 1. The van der Waals surface area contributed by atoms with Crippen molar-refractivity contribution in [1.82, 2.24) is 5.32 Å². The normalized spacial score (nSPS) is 11.2. The summed E-state index contributed by atoms with van der Waals surface area (Å²) in [6.07, 6.45) is 0. The Labute approximate surface area is 104 Å². The van der Waals surface area contributed by atoms with Gasteiger partial charge in [0.25, 0.3) is 5.91 Å². The molecular weight excluding hydrogens is 236 g/mol. The molecule has 0 aromatic heterocycles. The Morgan fingerprint density at radius 1 is 1.56 bits per heavy atom. The van der Waals surface area contributed by atoms with Gasteiger partial charge in [0.15, 0.2) is 6.04 Å². The minimum Gasteiger partial charge on any atom is -0.467 e. The Balaban J connectivity index is 2.81. The van der Waals surface area contributed by atoms with Crippen LogP contribution in [-0.2, 0) is 9.53 Å². The number of nitriles is 1. The predicted octanol–water partition coefficient (Wildman–Crippen LogP) is -0.178. The molecule has 6 nitrogen and oxygen atoms in total. The Morgan fingerprint density at radius 3 is 2.83 bits per heavy atom. The molecule has 1 aromatic rings. The summed E-state index contributed by atoms with van der Waals surface area (Å²) in [4.78, 5) is 22.9. The maximum absolute atomic E-state index is 11.8. The van der Waals surface area contributed by atoms with Crippen molar-refractivity contribution in [3.63, 3.8) is 0 Å². The molecule has 0 saturated carbocycles. The van der Waals surface area contributed by atoms with Crippen molar-refractivity contribution in [2.45, 2.75) is 6.04 Å². The summed E-state index contributed by atoms with van der Waals surface area (Å²) in [6.45, 7) is -0.559. The van der Waals surface area contributed by atoms with E-state index < -0.39 is 24.5 Å². The lowest BCUT2D eigenvalue weighted by Gasteiger charge is -2.13. The van der Waals surface area contributed by atoms with Crippen molar-refractivity contribution >= 4 is 11.9 Å². The van der Waals surface area contributed by atoms with Crippen molar-refractivity contribution < 1.29 is 19.4 Å². The van der Waals surface area contributed by atoms with Gasteiger partial charge in [0, 0.05) is 5.56 Å². The van der Waals surface area contributed by atoms with Gasteiger partial charge < -0.3 is 15.2 Å². The first-order chi connectivity index (χ1) is 8.62. The van der Waals surface area contributed by atoms with Crippen LogP contribution in [-0.4, -0.2) is 36.7 Å². The summed E-state index contributed by atoms with van der Waals surface area (Å²) in [5.41, 5.74) is 0.567. The summed E-state index contributed by atoms with van der Waals surface area (Å²) in [5.74, 6) is -1.29. The molecule has 0 aliphatic heterocycles. The molecule has 94 valence electrons. The van der Waals surface area contributed by atoms with Crippen LogP contribution < -0.4 is 5.32 Å². The number of hydrogen-bond donors (Lipinski definition) is 2. The number of aliphatic hydroxyl groups is 1. The Bertz CT molecular complexity index is 493. The molecule has 1 amide bonds. The van der Waals surface area contributed by atoms with Gasteiger partial charge in [-0.2, -0.15) is 5.26 Å². The van der Waals surface area contributed by atoms with E-state index in [-0.39, 0.29) is 5.56 Å². The first-order valence-corrected chi connectivity index (χ1v) is 5.12. The minimum absolute atomic E-state index is 0.233. The second-order valence-electron chi connectivity index (χ2n) is 3.42. The largest absolute Gasteiger partial charge is 0.467 e. The molecule has 0 heterocycles. The fourth-order valence-electron chi connectivity index (χ4n) is 1.29. The number of carbonyl (C=O) groups excluding carboxylic acids is 2. The monoisotopic (exact) mass is 248 g/mol. The lowest BCUT2D eigenvalue weighted by Crippen LogP contribution is -2.44. The van der Waals surface area contributed by atoms with Gasteiger partial charge in [0.1, 0.15) is 0 Å². The highest BCUT2D eigenvalue weighted by Crippen LogP contribution is 2.04. The van der Waals surface area contributed by atoms with Gasteiger partial charge in [-0.1, -0.05) is 6.07 Å². The Hall–Kier alpha value is -2.39. The number of benzene rings is 1. The zero-order valence-corrected chi connectivity index (χ0v) is 9.71. The van der Waals surface area contributed by atoms with Crippen molar-refractivity contribution in [2.24, 2.45) is 0 Å². The number of ether oxygens (including phenoxy) is 1. The van der Waals surface area contributed by atoms with Crippen molar-refractivity contribution in [3.05, 3.63) is 35.4 Å². The average molecular weight is 248 g/mol. The number of aliphatic hydroxyl groups excluding tert-OH is 1. The number of nitrogens with zero attached hydrogens (tertiary/aromatic N) is 1. The van der Waals surface area contributed by atoms with Gasteiger partial charge in [-0.3, -0.25) is 4.79 Å². The van der Waals surface area contributed by atoms with E-state index >= 15 is 0 Å². The highest BCUT2D eigenvalue weighted by Gasteiger charge is 2.21. The minimum atomic E-state index is -1.12. The first kappa shape index (κ1) is 13.7. The summed E-state index contributed by atoms with van der Waals surface area (Å²) in [7, 11) is 1.16. The number of carbonyl (C=O) groups is 2. The molecular formula is C12H12N2O4. The fraction of sp³-hybridized carbons (Fsp3) is 0.250. The van der Waals surface area contributed by atoms with Crippen LogP contribution in [0.1, 0.15) is 15.9 Å².